The van der Waals surface area contributed by atoms with E-state index in [9.17, 15) is 9.59 Å². The molecule has 0 unspecified atom stereocenters. The van der Waals surface area contributed by atoms with Gasteiger partial charge in [0.05, 0.1) is 0 Å². The maximum Gasteiger partial charge on any atom is 0.222 e. The molecule has 2 aliphatic rings. The molecule has 0 heterocycles. The highest BCUT2D eigenvalue weighted by atomic mass is 16.2. The molecule has 0 aromatic heterocycles. The molecule has 0 spiro atoms. The lowest BCUT2D eigenvalue weighted by molar-refractivity contribution is -0.135. The van der Waals surface area contributed by atoms with Gasteiger partial charge in [0, 0.05) is 32.4 Å². The van der Waals surface area contributed by atoms with E-state index >= 15 is 0 Å². The van der Waals surface area contributed by atoms with E-state index in [1.807, 2.05) is 11.9 Å². The number of ketones is 1. The molecule has 0 saturated heterocycles. The zero-order valence-electron chi connectivity index (χ0n) is 11.5. The second-order valence-corrected chi connectivity index (χ2v) is 5.98. The number of rotatable bonds is 3. The van der Waals surface area contributed by atoms with Crippen molar-refractivity contribution in [2.75, 3.05) is 7.05 Å². The Morgan fingerprint density at radius 2 is 1.72 bits per heavy atom. The number of hydrogen-bond acceptors (Lipinski definition) is 2. The van der Waals surface area contributed by atoms with Gasteiger partial charge in [-0.05, 0) is 31.6 Å². The van der Waals surface area contributed by atoms with Crippen molar-refractivity contribution < 1.29 is 9.59 Å². The second kappa shape index (κ2) is 6.35. The number of Topliss-reactive ketones (excluding diaryl/α,β-unsaturated/α-hetero) is 1. The summed E-state index contributed by atoms with van der Waals surface area (Å²) in [6.45, 7) is 0. The fraction of sp³-hybridized carbons (Fsp3) is 0.867. The van der Waals surface area contributed by atoms with Crippen molar-refractivity contribution in [1.82, 2.24) is 4.90 Å². The molecule has 3 heteroatoms. The summed E-state index contributed by atoms with van der Waals surface area (Å²) < 4.78 is 0. The SMILES string of the molecule is CN(C(=O)CC1CCCCC1)C1CCC(=O)CC1. The van der Waals surface area contributed by atoms with Crippen LogP contribution in [0.5, 0.6) is 0 Å². The van der Waals surface area contributed by atoms with Crippen molar-refractivity contribution in [1.29, 1.82) is 0 Å². The van der Waals surface area contributed by atoms with Gasteiger partial charge in [-0.1, -0.05) is 19.3 Å². The summed E-state index contributed by atoms with van der Waals surface area (Å²) >= 11 is 0. The lowest BCUT2D eigenvalue weighted by atomic mass is 9.86. The summed E-state index contributed by atoms with van der Waals surface area (Å²) in [5.41, 5.74) is 0. The molecule has 0 atom stereocenters. The Bertz CT molecular complexity index is 298. The van der Waals surface area contributed by atoms with Crippen molar-refractivity contribution in [3.05, 3.63) is 0 Å². The standard InChI is InChI=1S/C15H25NO2/c1-16(13-7-9-14(17)10-8-13)15(18)11-12-5-3-2-4-6-12/h12-13H,2-11H2,1H3. The van der Waals surface area contributed by atoms with Crippen molar-refractivity contribution in [2.45, 2.75) is 70.3 Å². The highest BCUT2D eigenvalue weighted by Crippen LogP contribution is 2.28. The maximum absolute atomic E-state index is 12.2. The van der Waals surface area contributed by atoms with Gasteiger partial charge in [0.25, 0.3) is 0 Å². The van der Waals surface area contributed by atoms with Crippen molar-refractivity contribution in [2.24, 2.45) is 5.92 Å². The zero-order chi connectivity index (χ0) is 13.0. The minimum Gasteiger partial charge on any atom is -0.343 e. The van der Waals surface area contributed by atoms with Crippen LogP contribution in [0.4, 0.5) is 0 Å². The van der Waals surface area contributed by atoms with Gasteiger partial charge in [-0.25, -0.2) is 0 Å². The van der Waals surface area contributed by atoms with Gasteiger partial charge in [-0.3, -0.25) is 9.59 Å². The van der Waals surface area contributed by atoms with Gasteiger partial charge in [0.15, 0.2) is 0 Å². The summed E-state index contributed by atoms with van der Waals surface area (Å²) in [6, 6.07) is 0.304. The van der Waals surface area contributed by atoms with Crippen LogP contribution in [-0.4, -0.2) is 29.7 Å². The molecule has 0 aromatic rings. The topological polar surface area (TPSA) is 37.4 Å². The van der Waals surface area contributed by atoms with E-state index in [4.69, 9.17) is 0 Å². The van der Waals surface area contributed by atoms with Crippen LogP contribution in [0.3, 0.4) is 0 Å². The van der Waals surface area contributed by atoms with Crippen LogP contribution in [0.1, 0.15) is 64.2 Å². The van der Waals surface area contributed by atoms with Crippen LogP contribution in [0, 0.1) is 5.92 Å². The van der Waals surface area contributed by atoms with Gasteiger partial charge in [-0.2, -0.15) is 0 Å². The Morgan fingerprint density at radius 1 is 1.11 bits per heavy atom. The van der Waals surface area contributed by atoms with Crippen LogP contribution in [-0.2, 0) is 9.59 Å². The first kappa shape index (κ1) is 13.6. The second-order valence-electron chi connectivity index (χ2n) is 5.98. The lowest BCUT2D eigenvalue weighted by Crippen LogP contribution is -2.40. The highest BCUT2D eigenvalue weighted by Gasteiger charge is 2.26. The molecule has 2 saturated carbocycles. The molecule has 0 radical (unpaired) electrons. The Morgan fingerprint density at radius 3 is 2.33 bits per heavy atom. The first-order valence-electron chi connectivity index (χ1n) is 7.44. The van der Waals surface area contributed by atoms with E-state index in [0.717, 1.165) is 19.3 Å². The average molecular weight is 251 g/mol. The maximum atomic E-state index is 12.2. The zero-order valence-corrected chi connectivity index (χ0v) is 11.5. The van der Waals surface area contributed by atoms with Gasteiger partial charge in [0.2, 0.25) is 5.91 Å². The smallest absolute Gasteiger partial charge is 0.222 e. The number of nitrogens with zero attached hydrogens (tertiary/aromatic N) is 1. The predicted molar refractivity (Wildman–Crippen MR) is 71.2 cm³/mol. The molecule has 3 nitrogen and oxygen atoms in total. The molecule has 2 fully saturated rings. The third kappa shape index (κ3) is 3.56. The molecule has 2 rings (SSSR count). The summed E-state index contributed by atoms with van der Waals surface area (Å²) in [7, 11) is 1.92. The van der Waals surface area contributed by atoms with Crippen LogP contribution in [0.25, 0.3) is 0 Å². The number of hydrogen-bond donors (Lipinski definition) is 0. The Hall–Kier alpha value is -0.860. The van der Waals surface area contributed by atoms with E-state index in [1.165, 1.54) is 32.1 Å². The van der Waals surface area contributed by atoms with Crippen molar-refractivity contribution in [3.63, 3.8) is 0 Å². The van der Waals surface area contributed by atoms with Gasteiger partial charge < -0.3 is 4.90 Å². The van der Waals surface area contributed by atoms with E-state index in [0.29, 0.717) is 36.5 Å². The first-order chi connectivity index (χ1) is 8.66. The minimum atomic E-state index is 0.293. The predicted octanol–water partition coefficient (Wildman–Crippen LogP) is 2.93. The average Bonchev–Trinajstić information content (AvgIpc) is 2.40. The number of carbonyl (C=O) groups excluding carboxylic acids is 2. The number of amides is 1. The van der Waals surface area contributed by atoms with Crippen LogP contribution >= 0.6 is 0 Å². The van der Waals surface area contributed by atoms with Gasteiger partial charge in [0.1, 0.15) is 5.78 Å². The Labute approximate surface area is 110 Å². The molecular weight excluding hydrogens is 226 g/mol. The summed E-state index contributed by atoms with van der Waals surface area (Å²) in [6.07, 6.45) is 10.1. The number of carbonyl (C=O) groups is 2. The van der Waals surface area contributed by atoms with E-state index < -0.39 is 0 Å². The van der Waals surface area contributed by atoms with Crippen molar-refractivity contribution >= 4 is 11.7 Å². The van der Waals surface area contributed by atoms with Crippen LogP contribution in [0.15, 0.2) is 0 Å². The molecular formula is C15H25NO2. The quantitative estimate of drug-likeness (QED) is 0.773. The largest absolute Gasteiger partial charge is 0.343 e. The fourth-order valence-electron chi connectivity index (χ4n) is 3.30. The summed E-state index contributed by atoms with van der Waals surface area (Å²) in [5.74, 6) is 1.26. The molecule has 102 valence electrons. The lowest BCUT2D eigenvalue weighted by Gasteiger charge is -2.32. The minimum absolute atomic E-state index is 0.293. The molecule has 0 aromatic carbocycles. The fourth-order valence-corrected chi connectivity index (χ4v) is 3.30. The first-order valence-corrected chi connectivity index (χ1v) is 7.44. The van der Waals surface area contributed by atoms with E-state index in [1.54, 1.807) is 0 Å². The molecule has 0 aliphatic heterocycles. The summed E-state index contributed by atoms with van der Waals surface area (Å²) in [4.78, 5) is 25.4. The third-order valence-corrected chi connectivity index (χ3v) is 4.64. The molecule has 0 bridgehead atoms. The Kier molecular flexibility index (Phi) is 4.79. The summed E-state index contributed by atoms with van der Waals surface area (Å²) in [5, 5.41) is 0. The van der Waals surface area contributed by atoms with Gasteiger partial charge in [-0.15, -0.1) is 0 Å². The third-order valence-electron chi connectivity index (χ3n) is 4.64. The van der Waals surface area contributed by atoms with Crippen molar-refractivity contribution in [3.8, 4) is 0 Å². The van der Waals surface area contributed by atoms with E-state index in [-0.39, 0.29) is 0 Å². The van der Waals surface area contributed by atoms with Crippen LogP contribution < -0.4 is 0 Å². The molecule has 0 N–H and O–H groups in total. The molecule has 18 heavy (non-hydrogen) atoms. The highest BCUT2D eigenvalue weighted by molar-refractivity contribution is 5.80. The van der Waals surface area contributed by atoms with E-state index in [2.05, 4.69) is 0 Å². The Balaban J connectivity index is 1.78. The monoisotopic (exact) mass is 251 g/mol. The molecule has 2 aliphatic carbocycles. The molecule has 1 amide bonds. The van der Waals surface area contributed by atoms with Crippen LogP contribution in [0.2, 0.25) is 0 Å². The van der Waals surface area contributed by atoms with Gasteiger partial charge >= 0.3 is 0 Å². The normalized spacial score (nSPS) is 23.1.